The number of aryl methyl sites for hydroxylation is 1. The van der Waals surface area contributed by atoms with Gasteiger partial charge in [0, 0.05) is 25.2 Å². The van der Waals surface area contributed by atoms with E-state index in [1.807, 2.05) is 6.92 Å². The molecule has 1 rings (SSSR count). The van der Waals surface area contributed by atoms with Gasteiger partial charge in [-0.2, -0.15) is 4.31 Å². The van der Waals surface area contributed by atoms with Crippen LogP contribution in [-0.2, 0) is 10.0 Å². The number of carbonyl (C=O) groups is 1. The Morgan fingerprint density at radius 2 is 1.91 bits per heavy atom. The third-order valence-corrected chi connectivity index (χ3v) is 5.86. The summed E-state index contributed by atoms with van der Waals surface area (Å²) in [5, 5.41) is 2.80. The van der Waals surface area contributed by atoms with E-state index in [9.17, 15) is 13.2 Å². The van der Waals surface area contributed by atoms with Crippen molar-refractivity contribution in [1.82, 2.24) is 9.62 Å². The lowest BCUT2D eigenvalue weighted by Gasteiger charge is -2.19. The van der Waals surface area contributed by atoms with Gasteiger partial charge in [-0.15, -0.1) is 0 Å². The number of amides is 1. The highest BCUT2D eigenvalue weighted by Gasteiger charge is 2.23. The minimum Gasteiger partial charge on any atom is -0.352 e. The molecule has 0 spiro atoms. The van der Waals surface area contributed by atoms with Crippen molar-refractivity contribution >= 4 is 15.9 Å². The lowest BCUT2D eigenvalue weighted by molar-refractivity contribution is 0.0947. The lowest BCUT2D eigenvalue weighted by atomic mass is 10.1. The van der Waals surface area contributed by atoms with Crippen molar-refractivity contribution in [2.24, 2.45) is 11.7 Å². The molecule has 0 aliphatic rings. The van der Waals surface area contributed by atoms with Crippen LogP contribution in [0, 0.1) is 12.8 Å². The Labute approximate surface area is 139 Å². The molecule has 3 N–H and O–H groups in total. The smallest absolute Gasteiger partial charge is 0.251 e. The third kappa shape index (κ3) is 4.76. The molecule has 7 heteroatoms. The first-order chi connectivity index (χ1) is 10.8. The van der Waals surface area contributed by atoms with E-state index in [4.69, 9.17) is 5.73 Å². The molecule has 6 nitrogen and oxygen atoms in total. The summed E-state index contributed by atoms with van der Waals surface area (Å²) in [7, 11) is -3.58. The summed E-state index contributed by atoms with van der Waals surface area (Å²) in [6.07, 6.45) is 0. The summed E-state index contributed by atoms with van der Waals surface area (Å²) in [6.45, 7) is 9.03. The van der Waals surface area contributed by atoms with Crippen LogP contribution in [0.5, 0.6) is 0 Å². The maximum absolute atomic E-state index is 12.6. The number of hydrogen-bond acceptors (Lipinski definition) is 4. The maximum atomic E-state index is 12.6. The van der Waals surface area contributed by atoms with E-state index < -0.39 is 10.0 Å². The Balaban J connectivity index is 3.11. The van der Waals surface area contributed by atoms with Gasteiger partial charge in [-0.05, 0) is 37.1 Å². The second-order valence-corrected chi connectivity index (χ2v) is 7.55. The van der Waals surface area contributed by atoms with Crippen LogP contribution in [0.4, 0.5) is 0 Å². The first-order valence-electron chi connectivity index (χ1n) is 7.86. The number of rotatable bonds is 8. The van der Waals surface area contributed by atoms with Crippen LogP contribution in [0.15, 0.2) is 23.1 Å². The number of nitrogens with zero attached hydrogens (tertiary/aromatic N) is 1. The number of sulfonamides is 1. The average Bonchev–Trinajstić information content (AvgIpc) is 2.53. The van der Waals surface area contributed by atoms with Gasteiger partial charge in [-0.1, -0.05) is 26.8 Å². The second-order valence-electron chi connectivity index (χ2n) is 5.62. The monoisotopic (exact) mass is 341 g/mol. The summed E-state index contributed by atoms with van der Waals surface area (Å²) in [5.41, 5.74) is 6.65. The van der Waals surface area contributed by atoms with Crippen LogP contribution in [0.3, 0.4) is 0 Å². The van der Waals surface area contributed by atoms with Crippen LogP contribution in [-0.4, -0.2) is 44.8 Å². The van der Waals surface area contributed by atoms with Gasteiger partial charge < -0.3 is 11.1 Å². The fourth-order valence-corrected chi connectivity index (χ4v) is 3.65. The molecule has 1 amide bonds. The van der Waals surface area contributed by atoms with Crippen LogP contribution >= 0.6 is 0 Å². The standard InChI is InChI=1S/C16H27N3O3S/c1-5-19(6-2)23(21,22)14-8-7-13(4)15(9-14)16(20)18-11-12(3)10-17/h7-9,12H,5-6,10-11,17H2,1-4H3,(H,18,20). The highest BCUT2D eigenvalue weighted by atomic mass is 32.2. The molecule has 0 aromatic heterocycles. The van der Waals surface area contributed by atoms with E-state index in [2.05, 4.69) is 5.32 Å². The minimum absolute atomic E-state index is 0.142. The number of nitrogens with two attached hydrogens (primary N) is 1. The molecular formula is C16H27N3O3S. The zero-order valence-electron chi connectivity index (χ0n) is 14.3. The largest absolute Gasteiger partial charge is 0.352 e. The maximum Gasteiger partial charge on any atom is 0.251 e. The van der Waals surface area contributed by atoms with E-state index in [1.54, 1.807) is 32.9 Å². The lowest BCUT2D eigenvalue weighted by Crippen LogP contribution is -2.33. The zero-order valence-corrected chi connectivity index (χ0v) is 15.1. The molecule has 1 aromatic rings. The first kappa shape index (κ1) is 19.6. The Kier molecular flexibility index (Phi) is 7.18. The predicted octanol–water partition coefficient (Wildman–Crippen LogP) is 1.35. The van der Waals surface area contributed by atoms with Crippen molar-refractivity contribution < 1.29 is 13.2 Å². The molecule has 23 heavy (non-hydrogen) atoms. The Morgan fingerprint density at radius 3 is 2.43 bits per heavy atom. The van der Waals surface area contributed by atoms with Crippen molar-refractivity contribution in [3.05, 3.63) is 29.3 Å². The van der Waals surface area contributed by atoms with Crippen molar-refractivity contribution in [1.29, 1.82) is 0 Å². The fourth-order valence-electron chi connectivity index (χ4n) is 2.16. The molecule has 0 fully saturated rings. The predicted molar refractivity (Wildman–Crippen MR) is 91.8 cm³/mol. The molecule has 1 atom stereocenters. The zero-order chi connectivity index (χ0) is 17.6. The van der Waals surface area contributed by atoms with E-state index in [0.717, 1.165) is 5.56 Å². The van der Waals surface area contributed by atoms with Crippen molar-refractivity contribution in [3.8, 4) is 0 Å². The molecule has 0 saturated carbocycles. The highest BCUT2D eigenvalue weighted by molar-refractivity contribution is 7.89. The van der Waals surface area contributed by atoms with Crippen molar-refractivity contribution in [2.45, 2.75) is 32.6 Å². The van der Waals surface area contributed by atoms with Gasteiger partial charge in [-0.3, -0.25) is 4.79 Å². The van der Waals surface area contributed by atoms with Crippen LogP contribution < -0.4 is 11.1 Å². The number of benzene rings is 1. The van der Waals surface area contributed by atoms with Gasteiger partial charge in [0.1, 0.15) is 0 Å². The number of carbonyl (C=O) groups excluding carboxylic acids is 1. The van der Waals surface area contributed by atoms with Gasteiger partial charge in [-0.25, -0.2) is 8.42 Å². The molecule has 0 bridgehead atoms. The van der Waals surface area contributed by atoms with Crippen molar-refractivity contribution in [2.75, 3.05) is 26.2 Å². The quantitative estimate of drug-likeness (QED) is 0.746. The normalized spacial score (nSPS) is 13.1. The Hall–Kier alpha value is -1.44. The summed E-state index contributed by atoms with van der Waals surface area (Å²) in [5.74, 6) is -0.110. The molecule has 0 radical (unpaired) electrons. The van der Waals surface area contributed by atoms with Gasteiger partial charge in [0.25, 0.3) is 5.91 Å². The Bertz CT molecular complexity index is 640. The van der Waals surface area contributed by atoms with Crippen molar-refractivity contribution in [3.63, 3.8) is 0 Å². The molecule has 130 valence electrons. The summed E-state index contributed by atoms with van der Waals surface area (Å²) in [6, 6.07) is 4.66. The molecule has 1 unspecified atom stereocenters. The molecule has 1 aromatic carbocycles. The SMILES string of the molecule is CCN(CC)S(=O)(=O)c1ccc(C)c(C(=O)NCC(C)CN)c1. The van der Waals surface area contributed by atoms with E-state index in [0.29, 0.717) is 31.7 Å². The van der Waals surface area contributed by atoms with Crippen LogP contribution in [0.2, 0.25) is 0 Å². The van der Waals surface area contributed by atoms with Gasteiger partial charge in [0.15, 0.2) is 0 Å². The summed E-state index contributed by atoms with van der Waals surface area (Å²) in [4.78, 5) is 12.5. The van der Waals surface area contributed by atoms with Gasteiger partial charge in [0.2, 0.25) is 10.0 Å². The average molecular weight is 341 g/mol. The molecule has 0 heterocycles. The third-order valence-electron chi connectivity index (χ3n) is 3.81. The molecule has 0 aliphatic heterocycles. The summed E-state index contributed by atoms with van der Waals surface area (Å²) >= 11 is 0. The second kappa shape index (κ2) is 8.42. The minimum atomic E-state index is -3.58. The van der Waals surface area contributed by atoms with Crippen LogP contribution in [0.1, 0.15) is 36.7 Å². The van der Waals surface area contributed by atoms with Gasteiger partial charge >= 0.3 is 0 Å². The number of nitrogens with one attached hydrogen (secondary N) is 1. The van der Waals surface area contributed by atoms with Crippen LogP contribution in [0.25, 0.3) is 0 Å². The molecule has 0 aliphatic carbocycles. The Morgan fingerprint density at radius 1 is 1.30 bits per heavy atom. The van der Waals surface area contributed by atoms with E-state index in [-0.39, 0.29) is 16.7 Å². The fraction of sp³-hybridized carbons (Fsp3) is 0.562. The first-order valence-corrected chi connectivity index (χ1v) is 9.30. The number of hydrogen-bond donors (Lipinski definition) is 2. The van der Waals surface area contributed by atoms with E-state index >= 15 is 0 Å². The molecular weight excluding hydrogens is 314 g/mol. The van der Waals surface area contributed by atoms with Gasteiger partial charge in [0.05, 0.1) is 4.90 Å². The topological polar surface area (TPSA) is 92.5 Å². The highest BCUT2D eigenvalue weighted by Crippen LogP contribution is 2.19. The molecule has 0 saturated heterocycles. The summed E-state index contributed by atoms with van der Waals surface area (Å²) < 4.78 is 26.5. The van der Waals surface area contributed by atoms with E-state index in [1.165, 1.54) is 10.4 Å².